The first kappa shape index (κ1) is 40.3. The van der Waals surface area contributed by atoms with Crippen LogP contribution in [0, 0.1) is 0 Å². The molecule has 0 atom stereocenters. The van der Waals surface area contributed by atoms with Crippen molar-refractivity contribution in [1.82, 2.24) is 4.57 Å². The molecule has 7 aromatic carbocycles. The van der Waals surface area contributed by atoms with E-state index in [1.807, 2.05) is 24.3 Å². The van der Waals surface area contributed by atoms with Crippen LogP contribution in [0.3, 0.4) is 0 Å². The third-order valence-electron chi connectivity index (χ3n) is 12.4. The van der Waals surface area contributed by atoms with E-state index in [1.54, 1.807) is 18.2 Å². The average Bonchev–Trinajstić information content (AvgIpc) is 3.53. The van der Waals surface area contributed by atoms with Gasteiger partial charge < -0.3 is 25.0 Å². The van der Waals surface area contributed by atoms with Gasteiger partial charge in [0.2, 0.25) is 0 Å². The van der Waals surface area contributed by atoms with Crippen molar-refractivity contribution >= 4 is 88.8 Å². The number of unbranched alkanes of at least 4 members (excludes halogenated alkanes) is 6. The number of rotatable bonds is 18. The van der Waals surface area contributed by atoms with Gasteiger partial charge in [0.25, 0.3) is 0 Å². The van der Waals surface area contributed by atoms with E-state index in [2.05, 4.69) is 54.8 Å². The van der Waals surface area contributed by atoms with E-state index in [4.69, 9.17) is 0 Å². The molecule has 306 valence electrons. The zero-order valence-electron chi connectivity index (χ0n) is 34.1. The van der Waals surface area contributed by atoms with Crippen LogP contribution in [0.25, 0.3) is 64.9 Å². The minimum Gasteiger partial charge on any atom is -0.478 e. The highest BCUT2D eigenvalue weighted by atomic mass is 16.4. The number of carbonyl (C=O) groups is 4. The highest BCUT2D eigenvalue weighted by Gasteiger charge is 2.35. The summed E-state index contributed by atoms with van der Waals surface area (Å²) in [6, 6.07) is 26.1. The summed E-state index contributed by atoms with van der Waals surface area (Å²) in [5.41, 5.74) is 2.33. The van der Waals surface area contributed by atoms with Crippen LogP contribution in [0.1, 0.15) is 130 Å². The van der Waals surface area contributed by atoms with Crippen LogP contribution in [-0.4, -0.2) is 48.9 Å². The molecule has 60 heavy (non-hydrogen) atoms. The first-order chi connectivity index (χ1) is 29.0. The predicted molar refractivity (Wildman–Crippen MR) is 239 cm³/mol. The molecule has 0 aliphatic rings. The van der Waals surface area contributed by atoms with E-state index < -0.39 is 40.6 Å². The molecule has 0 spiro atoms. The summed E-state index contributed by atoms with van der Waals surface area (Å²) in [7, 11) is 0. The molecule has 4 N–H and O–H groups in total. The molecule has 0 saturated carbocycles. The van der Waals surface area contributed by atoms with Crippen LogP contribution in [0.15, 0.2) is 78.9 Å². The molecule has 8 rings (SSSR count). The standard InChI is InChI=1S/C51H49NO8/c1-3-5-7-9-14-29-21-23-38-35(26-29)36-27-30(15-10-8-6-4-2)22-24-39(36)52(38)25-13-18-32-28-37-33-19-11-16-31-17-12-20-34(40(31)33)42-43(37)44(41(32)48(53)54)46(50(57)58)47(51(59)60)45(42)49(55)56/h11-12,16-17,19-24,26-28H,3-10,13-15,18,25H2,1-2H3,(H,53,54)(H,55,56)(H,57,58)(H,59,60). The fourth-order valence-electron chi connectivity index (χ4n) is 9.78. The third kappa shape index (κ3) is 6.95. The van der Waals surface area contributed by atoms with E-state index in [0.717, 1.165) is 42.1 Å². The first-order valence-electron chi connectivity index (χ1n) is 21.2. The van der Waals surface area contributed by atoms with Crippen LogP contribution >= 0.6 is 0 Å². The SMILES string of the molecule is CCCCCCc1ccc2c(c1)c1cc(CCCCCC)ccc1n2CCCc1cc2c3cccc4cccc(c5c(C(=O)O)c(C(=O)O)c(C(=O)O)c(c1C(=O)O)c25)c43. The van der Waals surface area contributed by atoms with Crippen molar-refractivity contribution < 1.29 is 39.6 Å². The van der Waals surface area contributed by atoms with Gasteiger partial charge in [-0.25, -0.2) is 19.2 Å². The van der Waals surface area contributed by atoms with Gasteiger partial charge in [0, 0.05) is 44.5 Å². The highest BCUT2D eigenvalue weighted by Crippen LogP contribution is 2.47. The number of hydrogen-bond donors (Lipinski definition) is 4. The minimum atomic E-state index is -1.77. The van der Waals surface area contributed by atoms with Gasteiger partial charge in [-0.3, -0.25) is 0 Å². The summed E-state index contributed by atoms with van der Waals surface area (Å²) in [6.07, 6.45) is 12.2. The topological polar surface area (TPSA) is 154 Å². The number of aromatic nitrogens is 1. The number of aryl methyl sites for hydroxylation is 4. The Balaban J connectivity index is 1.29. The molecule has 1 aromatic heterocycles. The monoisotopic (exact) mass is 803 g/mol. The molecule has 0 fully saturated rings. The van der Waals surface area contributed by atoms with Crippen LogP contribution in [0.4, 0.5) is 0 Å². The summed E-state index contributed by atoms with van der Waals surface area (Å²) < 4.78 is 2.29. The molecule has 9 heteroatoms. The number of benzene rings is 7. The summed E-state index contributed by atoms with van der Waals surface area (Å²) in [5.74, 6) is -6.52. The Morgan fingerprint density at radius 1 is 0.450 bits per heavy atom. The molecule has 8 aromatic rings. The molecule has 0 unspecified atom stereocenters. The second-order valence-corrected chi connectivity index (χ2v) is 16.2. The lowest BCUT2D eigenvalue weighted by molar-refractivity contribution is 0.0635. The summed E-state index contributed by atoms with van der Waals surface area (Å²) in [4.78, 5) is 52.6. The lowest BCUT2D eigenvalue weighted by Gasteiger charge is -2.22. The summed E-state index contributed by atoms with van der Waals surface area (Å²) in [5, 5.41) is 47.9. The maximum Gasteiger partial charge on any atom is 0.337 e. The fraction of sp³-hybridized carbons (Fsp3) is 0.294. The van der Waals surface area contributed by atoms with Crippen molar-refractivity contribution in [3.63, 3.8) is 0 Å². The highest BCUT2D eigenvalue weighted by molar-refractivity contribution is 6.40. The Morgan fingerprint density at radius 3 is 1.52 bits per heavy atom. The number of nitrogens with zero attached hydrogens (tertiary/aromatic N) is 1. The van der Waals surface area contributed by atoms with Gasteiger partial charge in [0.05, 0.1) is 22.3 Å². The van der Waals surface area contributed by atoms with Crippen molar-refractivity contribution in [3.8, 4) is 0 Å². The molecule has 0 amide bonds. The van der Waals surface area contributed by atoms with Crippen molar-refractivity contribution in [2.75, 3.05) is 0 Å². The lowest BCUT2D eigenvalue weighted by atomic mass is 9.80. The number of fused-ring (bicyclic) bond motifs is 5. The quantitative estimate of drug-likeness (QED) is 0.0380. The van der Waals surface area contributed by atoms with Gasteiger partial charge in [0.1, 0.15) is 0 Å². The molecular formula is C51H49NO8. The van der Waals surface area contributed by atoms with Gasteiger partial charge in [0.15, 0.2) is 0 Å². The van der Waals surface area contributed by atoms with E-state index in [9.17, 15) is 39.6 Å². The van der Waals surface area contributed by atoms with Gasteiger partial charge in [-0.1, -0.05) is 101 Å². The van der Waals surface area contributed by atoms with Crippen molar-refractivity contribution in [1.29, 1.82) is 0 Å². The zero-order chi connectivity index (χ0) is 42.2. The van der Waals surface area contributed by atoms with E-state index in [-0.39, 0.29) is 28.1 Å². The fourth-order valence-corrected chi connectivity index (χ4v) is 9.78. The van der Waals surface area contributed by atoms with Crippen molar-refractivity contribution in [2.24, 2.45) is 0 Å². The lowest BCUT2D eigenvalue weighted by Crippen LogP contribution is -2.19. The Hall–Kier alpha value is -6.48. The van der Waals surface area contributed by atoms with Crippen molar-refractivity contribution in [2.45, 2.75) is 97.4 Å². The van der Waals surface area contributed by atoms with Gasteiger partial charge in [-0.05, 0) is 112 Å². The van der Waals surface area contributed by atoms with Crippen LogP contribution < -0.4 is 0 Å². The molecule has 0 aliphatic carbocycles. The van der Waals surface area contributed by atoms with E-state index >= 15 is 0 Å². The molecule has 0 radical (unpaired) electrons. The largest absolute Gasteiger partial charge is 0.478 e. The second kappa shape index (κ2) is 16.6. The summed E-state index contributed by atoms with van der Waals surface area (Å²) >= 11 is 0. The van der Waals surface area contributed by atoms with Gasteiger partial charge >= 0.3 is 23.9 Å². The smallest absolute Gasteiger partial charge is 0.337 e. The molecular weight excluding hydrogens is 755 g/mol. The van der Waals surface area contributed by atoms with E-state index in [1.165, 1.54) is 60.4 Å². The Kier molecular flexibility index (Phi) is 11.2. The molecule has 9 nitrogen and oxygen atoms in total. The molecule has 0 bridgehead atoms. The zero-order valence-corrected chi connectivity index (χ0v) is 34.1. The van der Waals surface area contributed by atoms with Crippen LogP contribution in [-0.2, 0) is 25.8 Å². The average molecular weight is 804 g/mol. The maximum atomic E-state index is 13.4. The van der Waals surface area contributed by atoms with E-state index in [0.29, 0.717) is 40.1 Å². The Bertz CT molecular complexity index is 2940. The minimum absolute atomic E-state index is 0.00740. The van der Waals surface area contributed by atoms with Gasteiger partial charge in [-0.15, -0.1) is 0 Å². The maximum absolute atomic E-state index is 13.4. The Morgan fingerprint density at radius 2 is 0.983 bits per heavy atom. The summed E-state index contributed by atoms with van der Waals surface area (Å²) in [6.45, 7) is 4.97. The number of aromatic carboxylic acids is 4. The van der Waals surface area contributed by atoms with Crippen molar-refractivity contribution in [3.05, 3.63) is 118 Å². The number of carboxylic acids is 4. The first-order valence-corrected chi connectivity index (χ1v) is 21.2. The van der Waals surface area contributed by atoms with Crippen LogP contribution in [0.2, 0.25) is 0 Å². The molecule has 1 heterocycles. The second-order valence-electron chi connectivity index (χ2n) is 16.2. The van der Waals surface area contributed by atoms with Gasteiger partial charge in [-0.2, -0.15) is 0 Å². The Labute approximate surface area is 347 Å². The van der Waals surface area contributed by atoms with Crippen LogP contribution in [0.5, 0.6) is 0 Å². The predicted octanol–water partition coefficient (Wildman–Crippen LogP) is 12.5. The number of hydrogen-bond acceptors (Lipinski definition) is 4. The molecule has 0 aliphatic heterocycles. The number of carboxylic acid groups (broad SMARTS) is 4. The molecule has 0 saturated heterocycles. The third-order valence-corrected chi connectivity index (χ3v) is 12.4. The normalized spacial score (nSPS) is 11.9.